The SMILES string of the molecule is CCn1cc(N)c(C(=O)Nc2ccc3[nH]c(=O)[nH]c3c2)n1. The van der Waals surface area contributed by atoms with E-state index in [9.17, 15) is 9.59 Å². The monoisotopic (exact) mass is 286 g/mol. The average molecular weight is 286 g/mol. The summed E-state index contributed by atoms with van der Waals surface area (Å²) in [6.45, 7) is 2.54. The molecule has 0 unspecified atom stereocenters. The maximum Gasteiger partial charge on any atom is 0.323 e. The van der Waals surface area contributed by atoms with Gasteiger partial charge in [0.05, 0.1) is 16.7 Å². The highest BCUT2D eigenvalue weighted by Crippen LogP contribution is 2.17. The first-order valence-corrected chi connectivity index (χ1v) is 6.43. The third kappa shape index (κ3) is 2.38. The Balaban J connectivity index is 1.88. The number of hydrogen-bond acceptors (Lipinski definition) is 4. The van der Waals surface area contributed by atoms with Crippen LogP contribution in [0.2, 0.25) is 0 Å². The van der Waals surface area contributed by atoms with E-state index < -0.39 is 5.91 Å². The van der Waals surface area contributed by atoms with E-state index in [-0.39, 0.29) is 11.4 Å². The fraction of sp³-hybridized carbons (Fsp3) is 0.154. The number of imidazole rings is 1. The minimum Gasteiger partial charge on any atom is -0.396 e. The van der Waals surface area contributed by atoms with E-state index in [1.807, 2.05) is 6.92 Å². The maximum atomic E-state index is 12.2. The lowest BCUT2D eigenvalue weighted by Gasteiger charge is -2.03. The molecule has 0 bridgehead atoms. The van der Waals surface area contributed by atoms with Crippen LogP contribution in [0, 0.1) is 0 Å². The van der Waals surface area contributed by atoms with E-state index in [4.69, 9.17) is 5.73 Å². The van der Waals surface area contributed by atoms with Crippen LogP contribution in [-0.4, -0.2) is 25.7 Å². The van der Waals surface area contributed by atoms with Gasteiger partial charge in [-0.05, 0) is 25.1 Å². The Labute approximate surface area is 119 Å². The second kappa shape index (κ2) is 4.82. The van der Waals surface area contributed by atoms with Gasteiger partial charge in [0, 0.05) is 18.4 Å². The number of nitrogens with two attached hydrogens (primary N) is 1. The molecular formula is C13H14N6O2. The Morgan fingerprint density at radius 3 is 2.86 bits per heavy atom. The quantitative estimate of drug-likeness (QED) is 0.571. The largest absolute Gasteiger partial charge is 0.396 e. The van der Waals surface area contributed by atoms with Crippen molar-refractivity contribution in [1.82, 2.24) is 19.7 Å². The number of hydrogen-bond donors (Lipinski definition) is 4. The first-order valence-electron chi connectivity index (χ1n) is 6.43. The lowest BCUT2D eigenvalue weighted by atomic mass is 10.2. The number of aromatic amines is 2. The molecule has 0 radical (unpaired) electrons. The predicted octanol–water partition coefficient (Wildman–Crippen LogP) is 0.907. The van der Waals surface area contributed by atoms with Crippen molar-refractivity contribution in [2.45, 2.75) is 13.5 Å². The van der Waals surface area contributed by atoms with E-state index in [0.717, 1.165) is 0 Å². The Kier molecular flexibility index (Phi) is 2.98. The Hall–Kier alpha value is -3.03. The van der Waals surface area contributed by atoms with Crippen LogP contribution in [-0.2, 0) is 6.54 Å². The number of nitrogen functional groups attached to an aromatic ring is 1. The number of anilines is 2. The van der Waals surface area contributed by atoms with Crippen LogP contribution in [0.15, 0.2) is 29.2 Å². The Bertz CT molecular complexity index is 872. The summed E-state index contributed by atoms with van der Waals surface area (Å²) in [5.41, 5.74) is 7.82. The van der Waals surface area contributed by atoms with Gasteiger partial charge in [-0.1, -0.05) is 0 Å². The summed E-state index contributed by atoms with van der Waals surface area (Å²) >= 11 is 0. The van der Waals surface area contributed by atoms with Crippen LogP contribution in [0.5, 0.6) is 0 Å². The molecule has 0 aliphatic rings. The maximum absolute atomic E-state index is 12.2. The highest BCUT2D eigenvalue weighted by molar-refractivity contribution is 6.06. The number of rotatable bonds is 3. The number of fused-ring (bicyclic) bond motifs is 1. The highest BCUT2D eigenvalue weighted by atomic mass is 16.2. The van der Waals surface area contributed by atoms with Gasteiger partial charge in [0.2, 0.25) is 0 Å². The third-order valence-corrected chi connectivity index (χ3v) is 3.10. The standard InChI is InChI=1S/C13H14N6O2/c1-2-19-6-8(14)11(18-19)12(20)15-7-3-4-9-10(5-7)17-13(21)16-9/h3-6H,2,14H2,1H3,(H,15,20)(H2,16,17,21). The first kappa shape index (κ1) is 13.0. The Morgan fingerprint density at radius 2 is 2.14 bits per heavy atom. The second-order valence-corrected chi connectivity index (χ2v) is 4.58. The van der Waals surface area contributed by atoms with Crippen LogP contribution in [0.3, 0.4) is 0 Å². The zero-order valence-corrected chi connectivity index (χ0v) is 11.3. The van der Waals surface area contributed by atoms with E-state index in [0.29, 0.717) is 29.0 Å². The van der Waals surface area contributed by atoms with Crippen LogP contribution >= 0.6 is 0 Å². The predicted molar refractivity (Wildman–Crippen MR) is 79.2 cm³/mol. The van der Waals surface area contributed by atoms with Crippen LogP contribution in [0.1, 0.15) is 17.4 Å². The number of nitrogens with zero attached hydrogens (tertiary/aromatic N) is 2. The summed E-state index contributed by atoms with van der Waals surface area (Å²) in [6.07, 6.45) is 1.61. The molecule has 8 nitrogen and oxygen atoms in total. The molecule has 0 saturated carbocycles. The van der Waals surface area contributed by atoms with Gasteiger partial charge in [0.15, 0.2) is 5.69 Å². The van der Waals surface area contributed by atoms with E-state index in [2.05, 4.69) is 20.4 Å². The average Bonchev–Trinajstić information content (AvgIpc) is 3.00. The molecule has 2 aromatic heterocycles. The van der Waals surface area contributed by atoms with Crippen molar-refractivity contribution in [2.24, 2.45) is 0 Å². The number of aryl methyl sites for hydroxylation is 1. The molecule has 0 atom stereocenters. The smallest absolute Gasteiger partial charge is 0.323 e. The van der Waals surface area contributed by atoms with Crippen LogP contribution in [0.25, 0.3) is 11.0 Å². The topological polar surface area (TPSA) is 122 Å². The summed E-state index contributed by atoms with van der Waals surface area (Å²) < 4.78 is 1.59. The number of H-pyrrole nitrogens is 2. The molecule has 5 N–H and O–H groups in total. The van der Waals surface area contributed by atoms with Gasteiger partial charge in [-0.25, -0.2) is 4.79 Å². The number of carbonyl (C=O) groups is 1. The van der Waals surface area contributed by atoms with Gasteiger partial charge in [0.25, 0.3) is 5.91 Å². The minimum absolute atomic E-state index is 0.180. The van der Waals surface area contributed by atoms with Gasteiger partial charge < -0.3 is 21.0 Å². The molecule has 108 valence electrons. The number of benzene rings is 1. The lowest BCUT2D eigenvalue weighted by Crippen LogP contribution is -2.14. The summed E-state index contributed by atoms with van der Waals surface area (Å²) in [6, 6.07) is 5.06. The van der Waals surface area contributed by atoms with Crippen molar-refractivity contribution in [3.8, 4) is 0 Å². The van der Waals surface area contributed by atoms with E-state index >= 15 is 0 Å². The number of nitrogens with one attached hydrogen (secondary N) is 3. The van der Waals surface area contributed by atoms with Crippen molar-refractivity contribution in [1.29, 1.82) is 0 Å². The zero-order chi connectivity index (χ0) is 15.0. The van der Waals surface area contributed by atoms with Gasteiger partial charge in [-0.2, -0.15) is 5.10 Å². The Morgan fingerprint density at radius 1 is 1.38 bits per heavy atom. The van der Waals surface area contributed by atoms with E-state index in [1.165, 1.54) is 0 Å². The summed E-state index contributed by atoms with van der Waals surface area (Å²) in [4.78, 5) is 28.6. The molecule has 2 heterocycles. The lowest BCUT2D eigenvalue weighted by molar-refractivity contribution is 0.102. The second-order valence-electron chi connectivity index (χ2n) is 4.58. The zero-order valence-electron chi connectivity index (χ0n) is 11.3. The molecule has 0 aliphatic heterocycles. The number of amides is 1. The minimum atomic E-state index is -0.392. The van der Waals surface area contributed by atoms with E-state index in [1.54, 1.807) is 29.1 Å². The van der Waals surface area contributed by atoms with Gasteiger partial charge >= 0.3 is 5.69 Å². The van der Waals surface area contributed by atoms with Crippen molar-refractivity contribution in [3.05, 3.63) is 40.6 Å². The highest BCUT2D eigenvalue weighted by Gasteiger charge is 2.15. The van der Waals surface area contributed by atoms with Crippen LogP contribution in [0.4, 0.5) is 11.4 Å². The van der Waals surface area contributed by atoms with Gasteiger partial charge in [-0.15, -0.1) is 0 Å². The summed E-state index contributed by atoms with van der Waals surface area (Å²) in [5.74, 6) is -0.392. The first-order chi connectivity index (χ1) is 10.1. The molecule has 8 heteroatoms. The third-order valence-electron chi connectivity index (χ3n) is 3.10. The molecule has 1 aromatic carbocycles. The van der Waals surface area contributed by atoms with Crippen molar-refractivity contribution < 1.29 is 4.79 Å². The molecular weight excluding hydrogens is 272 g/mol. The molecule has 0 saturated heterocycles. The molecule has 21 heavy (non-hydrogen) atoms. The number of aromatic nitrogens is 4. The fourth-order valence-electron chi connectivity index (χ4n) is 2.08. The normalized spacial score (nSPS) is 10.9. The van der Waals surface area contributed by atoms with Crippen molar-refractivity contribution >= 4 is 28.3 Å². The molecule has 0 fully saturated rings. The van der Waals surface area contributed by atoms with Crippen LogP contribution < -0.4 is 16.7 Å². The van der Waals surface area contributed by atoms with Gasteiger partial charge in [-0.3, -0.25) is 9.48 Å². The molecule has 3 rings (SSSR count). The molecule has 0 aliphatic carbocycles. The van der Waals surface area contributed by atoms with Crippen molar-refractivity contribution in [2.75, 3.05) is 11.1 Å². The molecule has 1 amide bonds. The summed E-state index contributed by atoms with van der Waals surface area (Å²) in [7, 11) is 0. The molecule has 3 aromatic rings. The fourth-order valence-corrected chi connectivity index (χ4v) is 2.08. The van der Waals surface area contributed by atoms with Gasteiger partial charge in [0.1, 0.15) is 0 Å². The summed E-state index contributed by atoms with van der Waals surface area (Å²) in [5, 5.41) is 6.81. The molecule has 0 spiro atoms. The van der Waals surface area contributed by atoms with Crippen molar-refractivity contribution in [3.63, 3.8) is 0 Å². The number of carbonyl (C=O) groups excluding carboxylic acids is 1.